The summed E-state index contributed by atoms with van der Waals surface area (Å²) in [4.78, 5) is 18.1. The van der Waals surface area contributed by atoms with E-state index in [1.807, 2.05) is 30.5 Å². The van der Waals surface area contributed by atoms with Crippen LogP contribution in [0.5, 0.6) is 0 Å². The normalized spacial score (nSPS) is 16.0. The molecule has 3 rings (SSSR count). The number of nitrogens with zero attached hydrogens (tertiary/aromatic N) is 1. The summed E-state index contributed by atoms with van der Waals surface area (Å²) in [5.74, 6) is 0.184. The van der Waals surface area contributed by atoms with E-state index in [0.717, 1.165) is 31.6 Å². The first-order valence-corrected chi connectivity index (χ1v) is 10.4. The lowest BCUT2D eigenvalue weighted by Crippen LogP contribution is -2.18. The Kier molecular flexibility index (Phi) is 6.53. The van der Waals surface area contributed by atoms with Crippen LogP contribution in [0.4, 0.5) is 5.13 Å². The molecule has 1 saturated heterocycles. The topological polar surface area (TPSA) is 51.2 Å². The third kappa shape index (κ3) is 5.07. The van der Waals surface area contributed by atoms with Gasteiger partial charge in [-0.3, -0.25) is 10.1 Å². The maximum atomic E-state index is 12.9. The SMILES string of the molecule is CSc1ccc(/C(=C\C2CCOCC2)C(=O)Nc2ncc(Cl)s2)cc1. The highest BCUT2D eigenvalue weighted by molar-refractivity contribution is 7.98. The highest BCUT2D eigenvalue weighted by Gasteiger charge is 2.18. The molecule has 0 spiro atoms. The number of allylic oxidation sites excluding steroid dienone is 1. The van der Waals surface area contributed by atoms with Gasteiger partial charge in [0.1, 0.15) is 4.34 Å². The van der Waals surface area contributed by atoms with Crippen LogP contribution in [0.25, 0.3) is 5.57 Å². The van der Waals surface area contributed by atoms with Gasteiger partial charge in [-0.05, 0) is 42.7 Å². The van der Waals surface area contributed by atoms with Gasteiger partial charge in [0.15, 0.2) is 5.13 Å². The molecule has 2 heterocycles. The Morgan fingerprint density at radius 3 is 2.68 bits per heavy atom. The smallest absolute Gasteiger partial charge is 0.257 e. The van der Waals surface area contributed by atoms with Crippen LogP contribution >= 0.6 is 34.7 Å². The van der Waals surface area contributed by atoms with E-state index in [1.165, 1.54) is 22.4 Å². The monoisotopic (exact) mass is 394 g/mol. The molecular weight excluding hydrogens is 376 g/mol. The summed E-state index contributed by atoms with van der Waals surface area (Å²) in [6.07, 6.45) is 7.51. The summed E-state index contributed by atoms with van der Waals surface area (Å²) >= 11 is 8.84. The number of anilines is 1. The number of thioether (sulfide) groups is 1. The first kappa shape index (κ1) is 18.5. The fourth-order valence-electron chi connectivity index (χ4n) is 2.67. The first-order valence-electron chi connectivity index (χ1n) is 8.02. The summed E-state index contributed by atoms with van der Waals surface area (Å²) < 4.78 is 5.97. The third-order valence-electron chi connectivity index (χ3n) is 4.01. The van der Waals surface area contributed by atoms with E-state index in [1.54, 1.807) is 11.8 Å². The molecule has 1 amide bonds. The average molecular weight is 395 g/mol. The van der Waals surface area contributed by atoms with Gasteiger partial charge < -0.3 is 4.74 Å². The lowest BCUT2D eigenvalue weighted by atomic mass is 9.94. The van der Waals surface area contributed by atoms with E-state index in [9.17, 15) is 4.79 Å². The van der Waals surface area contributed by atoms with Crippen molar-refractivity contribution in [2.75, 3.05) is 24.8 Å². The van der Waals surface area contributed by atoms with Gasteiger partial charge in [0.05, 0.1) is 6.20 Å². The summed E-state index contributed by atoms with van der Waals surface area (Å²) in [6, 6.07) is 8.05. The number of carbonyl (C=O) groups excluding carboxylic acids is 1. The van der Waals surface area contributed by atoms with Crippen LogP contribution in [-0.4, -0.2) is 30.4 Å². The van der Waals surface area contributed by atoms with E-state index >= 15 is 0 Å². The molecule has 0 atom stereocenters. The summed E-state index contributed by atoms with van der Waals surface area (Å²) in [6.45, 7) is 1.48. The molecule has 1 fully saturated rings. The van der Waals surface area contributed by atoms with E-state index in [-0.39, 0.29) is 5.91 Å². The Balaban J connectivity index is 1.86. The van der Waals surface area contributed by atoms with Crippen LogP contribution in [0.1, 0.15) is 18.4 Å². The standard InChI is InChI=1S/C18H19ClN2O2S2/c1-24-14-4-2-13(3-5-14)15(10-12-6-8-23-9-7-12)17(22)21-18-20-11-16(19)25-18/h2-5,10-12H,6-9H2,1H3,(H,20,21,22)/b15-10+. The molecule has 0 bridgehead atoms. The number of hydrogen-bond acceptors (Lipinski definition) is 5. The molecule has 7 heteroatoms. The number of ether oxygens (including phenoxy) is 1. The summed E-state index contributed by atoms with van der Waals surface area (Å²) in [5, 5.41) is 3.37. The fraction of sp³-hybridized carbons (Fsp3) is 0.333. The van der Waals surface area contributed by atoms with Crippen molar-refractivity contribution in [1.82, 2.24) is 4.98 Å². The molecule has 1 N–H and O–H groups in total. The number of benzene rings is 1. The van der Waals surface area contributed by atoms with Gasteiger partial charge in [0, 0.05) is 23.7 Å². The number of halogens is 1. The average Bonchev–Trinajstić information content (AvgIpc) is 3.05. The van der Waals surface area contributed by atoms with Gasteiger partial charge in [0.2, 0.25) is 0 Å². The summed E-state index contributed by atoms with van der Waals surface area (Å²) in [5.41, 5.74) is 1.58. The van der Waals surface area contributed by atoms with Crippen molar-refractivity contribution >= 4 is 51.3 Å². The Morgan fingerprint density at radius 2 is 2.08 bits per heavy atom. The number of aromatic nitrogens is 1. The second-order valence-corrected chi connectivity index (χ2v) is 8.22. The lowest BCUT2D eigenvalue weighted by Gasteiger charge is -2.20. The van der Waals surface area contributed by atoms with Crippen molar-refractivity contribution in [3.05, 3.63) is 46.4 Å². The lowest BCUT2D eigenvalue weighted by molar-refractivity contribution is -0.111. The van der Waals surface area contributed by atoms with Gasteiger partial charge in [-0.15, -0.1) is 11.8 Å². The van der Waals surface area contributed by atoms with E-state index < -0.39 is 0 Å². The van der Waals surface area contributed by atoms with Gasteiger partial charge in [-0.25, -0.2) is 4.98 Å². The molecular formula is C18H19ClN2O2S2. The maximum Gasteiger partial charge on any atom is 0.257 e. The molecule has 2 aromatic rings. The molecule has 132 valence electrons. The molecule has 0 aliphatic carbocycles. The van der Waals surface area contributed by atoms with Gasteiger partial charge in [-0.2, -0.15) is 0 Å². The van der Waals surface area contributed by atoms with E-state index in [0.29, 0.717) is 21.0 Å². The number of nitrogens with one attached hydrogen (secondary N) is 1. The quantitative estimate of drug-likeness (QED) is 0.574. The van der Waals surface area contributed by atoms with Gasteiger partial charge >= 0.3 is 0 Å². The fourth-order valence-corrected chi connectivity index (χ4v) is 3.88. The number of amides is 1. The predicted molar refractivity (Wildman–Crippen MR) is 105 cm³/mol. The Bertz CT molecular complexity index is 753. The molecule has 0 radical (unpaired) electrons. The van der Waals surface area contributed by atoms with Crippen LogP contribution in [0.2, 0.25) is 4.34 Å². The second kappa shape index (κ2) is 8.85. The van der Waals surface area contributed by atoms with Crippen molar-refractivity contribution in [2.45, 2.75) is 17.7 Å². The molecule has 1 aromatic carbocycles. The van der Waals surface area contributed by atoms with Crippen LogP contribution < -0.4 is 5.32 Å². The Labute approximate surface area is 160 Å². The zero-order chi connectivity index (χ0) is 17.6. The van der Waals surface area contributed by atoms with Crippen LogP contribution in [-0.2, 0) is 9.53 Å². The second-order valence-electron chi connectivity index (χ2n) is 5.68. The molecule has 25 heavy (non-hydrogen) atoms. The minimum atomic E-state index is -0.158. The summed E-state index contributed by atoms with van der Waals surface area (Å²) in [7, 11) is 0. The van der Waals surface area contributed by atoms with Crippen molar-refractivity contribution in [2.24, 2.45) is 5.92 Å². The number of rotatable bonds is 5. The third-order valence-corrected chi connectivity index (χ3v) is 5.79. The molecule has 1 aliphatic heterocycles. The first-order chi connectivity index (χ1) is 12.2. The van der Waals surface area contributed by atoms with E-state index in [4.69, 9.17) is 16.3 Å². The molecule has 0 saturated carbocycles. The van der Waals surface area contributed by atoms with Crippen molar-refractivity contribution in [1.29, 1.82) is 0 Å². The Hall–Kier alpha value is -1.34. The van der Waals surface area contributed by atoms with Crippen LogP contribution in [0, 0.1) is 5.92 Å². The number of thiazole rings is 1. The highest BCUT2D eigenvalue weighted by Crippen LogP contribution is 2.28. The zero-order valence-electron chi connectivity index (χ0n) is 13.8. The minimum Gasteiger partial charge on any atom is -0.381 e. The zero-order valence-corrected chi connectivity index (χ0v) is 16.2. The number of carbonyl (C=O) groups is 1. The molecule has 1 aliphatic rings. The molecule has 0 unspecified atom stereocenters. The highest BCUT2D eigenvalue weighted by atomic mass is 35.5. The van der Waals surface area contributed by atoms with E-state index in [2.05, 4.69) is 16.4 Å². The van der Waals surface area contributed by atoms with Crippen LogP contribution in [0.3, 0.4) is 0 Å². The number of hydrogen-bond donors (Lipinski definition) is 1. The largest absolute Gasteiger partial charge is 0.381 e. The predicted octanol–water partition coefficient (Wildman–Crippen LogP) is 4.97. The van der Waals surface area contributed by atoms with Crippen LogP contribution in [0.15, 0.2) is 41.4 Å². The maximum absolute atomic E-state index is 12.9. The molecule has 1 aromatic heterocycles. The Morgan fingerprint density at radius 1 is 1.36 bits per heavy atom. The van der Waals surface area contributed by atoms with Crippen molar-refractivity contribution in [3.63, 3.8) is 0 Å². The molecule has 4 nitrogen and oxygen atoms in total. The van der Waals surface area contributed by atoms with Crippen molar-refractivity contribution < 1.29 is 9.53 Å². The van der Waals surface area contributed by atoms with Gasteiger partial charge in [0.25, 0.3) is 5.91 Å². The van der Waals surface area contributed by atoms with Gasteiger partial charge in [-0.1, -0.05) is 41.1 Å². The van der Waals surface area contributed by atoms with Crippen molar-refractivity contribution in [3.8, 4) is 0 Å². The minimum absolute atomic E-state index is 0.158.